The summed E-state index contributed by atoms with van der Waals surface area (Å²) in [6, 6.07) is 15.6. The molecule has 1 atom stereocenters. The minimum atomic E-state index is -0.962. The quantitative estimate of drug-likeness (QED) is 0.667. The summed E-state index contributed by atoms with van der Waals surface area (Å²) in [7, 11) is 0. The number of carbonyl (C=O) groups is 3. The van der Waals surface area contributed by atoms with Crippen molar-refractivity contribution in [2.75, 3.05) is 13.2 Å². The van der Waals surface area contributed by atoms with Crippen molar-refractivity contribution in [3.63, 3.8) is 0 Å². The van der Waals surface area contributed by atoms with Gasteiger partial charge in [0.1, 0.15) is 12.6 Å². The lowest BCUT2D eigenvalue weighted by Crippen LogP contribution is -2.51. The number of aliphatic carboxylic acids is 1. The van der Waals surface area contributed by atoms with Gasteiger partial charge in [0.05, 0.1) is 12.0 Å². The highest BCUT2D eigenvalue weighted by molar-refractivity contribution is 5.85. The number of carbonyl (C=O) groups excluding carboxylic acids is 2. The molecule has 0 aromatic heterocycles. The number of amides is 2. The average Bonchev–Trinajstić information content (AvgIpc) is 3.56. The molecule has 2 N–H and O–H groups in total. The number of hydrogen-bond acceptors (Lipinski definition) is 4. The van der Waals surface area contributed by atoms with Gasteiger partial charge >= 0.3 is 12.1 Å². The number of benzene rings is 2. The van der Waals surface area contributed by atoms with Gasteiger partial charge in [0.2, 0.25) is 5.91 Å². The van der Waals surface area contributed by atoms with Crippen LogP contribution in [-0.4, -0.2) is 52.7 Å². The normalized spacial score (nSPS) is 20.6. The number of ether oxygens (including phenoxy) is 1. The van der Waals surface area contributed by atoms with Gasteiger partial charge in [-0.3, -0.25) is 4.79 Å². The van der Waals surface area contributed by atoms with E-state index in [9.17, 15) is 19.5 Å². The first-order valence-corrected chi connectivity index (χ1v) is 12.1. The van der Waals surface area contributed by atoms with Crippen molar-refractivity contribution < 1.29 is 24.2 Å². The van der Waals surface area contributed by atoms with E-state index in [1.165, 1.54) is 16.0 Å². The second-order valence-electron chi connectivity index (χ2n) is 9.70. The Labute approximate surface area is 199 Å². The first kappa shape index (κ1) is 22.4. The second kappa shape index (κ2) is 9.12. The zero-order valence-corrected chi connectivity index (χ0v) is 19.2. The number of rotatable bonds is 6. The van der Waals surface area contributed by atoms with Gasteiger partial charge in [-0.05, 0) is 47.9 Å². The monoisotopic (exact) mass is 462 g/mol. The van der Waals surface area contributed by atoms with Gasteiger partial charge in [0, 0.05) is 12.5 Å². The summed E-state index contributed by atoms with van der Waals surface area (Å²) in [4.78, 5) is 38.9. The Morgan fingerprint density at radius 3 is 2.21 bits per heavy atom. The number of nitrogens with one attached hydrogen (secondary N) is 1. The van der Waals surface area contributed by atoms with Crippen LogP contribution in [-0.2, 0) is 14.3 Å². The number of alkyl carbamates (subject to hydrolysis) is 1. The van der Waals surface area contributed by atoms with Crippen LogP contribution >= 0.6 is 0 Å². The summed E-state index contributed by atoms with van der Waals surface area (Å²) in [5.41, 5.74) is 3.96. The van der Waals surface area contributed by atoms with E-state index in [4.69, 9.17) is 4.74 Å². The van der Waals surface area contributed by atoms with Gasteiger partial charge in [-0.1, -0.05) is 61.4 Å². The SMILES string of the molecule is O=C(NC1(CC(=O)N2CCCC2C(=O)O)CCCC1)OCC1c2ccccc2-c2ccccc21. The Morgan fingerprint density at radius 1 is 0.971 bits per heavy atom. The zero-order valence-electron chi connectivity index (χ0n) is 19.2. The van der Waals surface area contributed by atoms with Crippen molar-refractivity contribution in [1.29, 1.82) is 0 Å². The molecule has 2 aliphatic carbocycles. The molecule has 1 aliphatic heterocycles. The molecule has 34 heavy (non-hydrogen) atoms. The third-order valence-corrected chi connectivity index (χ3v) is 7.62. The summed E-state index contributed by atoms with van der Waals surface area (Å²) in [6.45, 7) is 0.675. The summed E-state index contributed by atoms with van der Waals surface area (Å²) in [5.74, 6) is -1.19. The van der Waals surface area contributed by atoms with Crippen LogP contribution in [0.15, 0.2) is 48.5 Å². The number of hydrogen-bond donors (Lipinski definition) is 2. The molecule has 0 radical (unpaired) electrons. The van der Waals surface area contributed by atoms with E-state index in [1.54, 1.807) is 0 Å². The summed E-state index contributed by atoms with van der Waals surface area (Å²) in [5, 5.41) is 12.4. The van der Waals surface area contributed by atoms with Crippen LogP contribution in [0, 0.1) is 0 Å². The highest BCUT2D eigenvalue weighted by Gasteiger charge is 2.42. The Kier molecular flexibility index (Phi) is 6.02. The van der Waals surface area contributed by atoms with Gasteiger partial charge in [0.25, 0.3) is 0 Å². The fourth-order valence-corrected chi connectivity index (χ4v) is 5.96. The van der Waals surface area contributed by atoms with Crippen molar-refractivity contribution in [3.05, 3.63) is 59.7 Å². The van der Waals surface area contributed by atoms with E-state index in [-0.39, 0.29) is 24.9 Å². The molecular weight excluding hydrogens is 432 g/mol. The molecule has 2 aromatic carbocycles. The highest BCUT2D eigenvalue weighted by Crippen LogP contribution is 2.44. The van der Waals surface area contributed by atoms with Gasteiger partial charge < -0.3 is 20.1 Å². The minimum absolute atomic E-state index is 0.0276. The van der Waals surface area contributed by atoms with E-state index >= 15 is 0 Å². The summed E-state index contributed by atoms with van der Waals surface area (Å²) >= 11 is 0. The van der Waals surface area contributed by atoms with Crippen molar-refractivity contribution in [2.24, 2.45) is 0 Å². The topological polar surface area (TPSA) is 95.9 Å². The van der Waals surface area contributed by atoms with E-state index in [1.807, 2.05) is 24.3 Å². The molecule has 5 rings (SSSR count). The molecule has 0 bridgehead atoms. The number of carboxylic acids is 1. The highest BCUT2D eigenvalue weighted by atomic mass is 16.5. The molecule has 7 nitrogen and oxygen atoms in total. The molecule has 1 unspecified atom stereocenters. The maximum absolute atomic E-state index is 13.0. The number of fused-ring (bicyclic) bond motifs is 3. The molecule has 3 aliphatic rings. The van der Waals surface area contributed by atoms with E-state index in [0.717, 1.165) is 24.0 Å². The Bertz CT molecular complexity index is 1060. The third-order valence-electron chi connectivity index (χ3n) is 7.62. The molecule has 0 spiro atoms. The lowest BCUT2D eigenvalue weighted by molar-refractivity contribution is -0.148. The molecule has 1 saturated carbocycles. The predicted octanol–water partition coefficient (Wildman–Crippen LogP) is 4.30. The lowest BCUT2D eigenvalue weighted by atomic mass is 9.92. The number of nitrogens with zero attached hydrogens (tertiary/aromatic N) is 1. The Morgan fingerprint density at radius 2 is 1.59 bits per heavy atom. The number of carboxylic acid groups (broad SMARTS) is 1. The van der Waals surface area contributed by atoms with Crippen LogP contribution in [0.5, 0.6) is 0 Å². The van der Waals surface area contributed by atoms with Crippen LogP contribution in [0.25, 0.3) is 11.1 Å². The predicted molar refractivity (Wildman–Crippen MR) is 126 cm³/mol. The Balaban J connectivity index is 1.25. The molecule has 1 heterocycles. The summed E-state index contributed by atoms with van der Waals surface area (Å²) < 4.78 is 5.72. The number of likely N-dealkylation sites (tertiary alicyclic amines) is 1. The smallest absolute Gasteiger partial charge is 0.407 e. The first-order valence-electron chi connectivity index (χ1n) is 12.1. The van der Waals surface area contributed by atoms with Crippen molar-refractivity contribution in [3.8, 4) is 11.1 Å². The lowest BCUT2D eigenvalue weighted by Gasteiger charge is -2.32. The van der Waals surface area contributed by atoms with E-state index in [0.29, 0.717) is 32.2 Å². The van der Waals surface area contributed by atoms with Crippen LogP contribution in [0.1, 0.15) is 62.0 Å². The summed E-state index contributed by atoms with van der Waals surface area (Å²) in [6.07, 6.45) is 3.97. The molecular formula is C27H30N2O5. The fourth-order valence-electron chi connectivity index (χ4n) is 5.96. The molecule has 2 aromatic rings. The van der Waals surface area contributed by atoms with Crippen LogP contribution in [0.4, 0.5) is 4.79 Å². The molecule has 2 amide bonds. The Hall–Kier alpha value is -3.35. The van der Waals surface area contributed by atoms with Gasteiger partial charge in [0.15, 0.2) is 0 Å². The zero-order chi connectivity index (χ0) is 23.7. The second-order valence-corrected chi connectivity index (χ2v) is 9.70. The van der Waals surface area contributed by atoms with Crippen LogP contribution in [0.2, 0.25) is 0 Å². The maximum Gasteiger partial charge on any atom is 0.407 e. The van der Waals surface area contributed by atoms with E-state index in [2.05, 4.69) is 29.6 Å². The standard InChI is InChI=1S/C27H30N2O5/c30-24(29-15-7-12-23(29)25(31)32)16-27(13-5-6-14-27)28-26(33)34-17-22-20-10-3-1-8-18(20)19-9-2-4-11-21(19)22/h1-4,8-11,22-23H,5-7,12-17H2,(H,28,33)(H,31,32). The van der Waals surface area contributed by atoms with E-state index < -0.39 is 23.6 Å². The van der Waals surface area contributed by atoms with Crippen molar-refractivity contribution in [1.82, 2.24) is 10.2 Å². The van der Waals surface area contributed by atoms with Crippen LogP contribution < -0.4 is 5.32 Å². The van der Waals surface area contributed by atoms with Gasteiger partial charge in [-0.2, -0.15) is 0 Å². The van der Waals surface area contributed by atoms with Gasteiger partial charge in [-0.25, -0.2) is 9.59 Å². The maximum atomic E-state index is 13.0. The molecule has 178 valence electrons. The van der Waals surface area contributed by atoms with Gasteiger partial charge in [-0.15, -0.1) is 0 Å². The van der Waals surface area contributed by atoms with Crippen LogP contribution in [0.3, 0.4) is 0 Å². The average molecular weight is 463 g/mol. The molecule has 1 saturated heterocycles. The minimum Gasteiger partial charge on any atom is -0.480 e. The molecule has 2 fully saturated rings. The van der Waals surface area contributed by atoms with Crippen molar-refractivity contribution in [2.45, 2.75) is 62.4 Å². The first-order chi connectivity index (χ1) is 16.5. The van der Waals surface area contributed by atoms with Crippen molar-refractivity contribution >= 4 is 18.0 Å². The fraction of sp³-hybridized carbons (Fsp3) is 0.444. The largest absolute Gasteiger partial charge is 0.480 e. The third kappa shape index (κ3) is 4.15. The molecule has 7 heteroatoms.